The van der Waals surface area contributed by atoms with E-state index in [0.717, 1.165) is 32.4 Å². The lowest BCUT2D eigenvalue weighted by Crippen LogP contribution is -2.12. The zero-order chi connectivity index (χ0) is 20.3. The first kappa shape index (κ1) is 18.2. The maximum Gasteiger partial charge on any atom is 0.215 e. The van der Waals surface area contributed by atoms with Crippen LogP contribution in [-0.2, 0) is 6.54 Å². The third kappa shape index (κ3) is 3.58. The minimum Gasteiger partial charge on any atom is -0.493 e. The Bertz CT molecular complexity index is 1420. The summed E-state index contributed by atoms with van der Waals surface area (Å²) in [5.41, 5.74) is 2.70. The molecule has 4 aromatic rings. The number of benzene rings is 2. The lowest BCUT2D eigenvalue weighted by atomic mass is 10.2. The van der Waals surface area contributed by atoms with Crippen LogP contribution >= 0.6 is 11.3 Å². The van der Waals surface area contributed by atoms with E-state index in [1.165, 1.54) is 11.3 Å². The van der Waals surface area contributed by atoms with Gasteiger partial charge in [-0.1, -0.05) is 41.7 Å². The van der Waals surface area contributed by atoms with Crippen molar-refractivity contribution in [2.24, 2.45) is 15.0 Å². The number of fused-ring (bicyclic) bond motifs is 1. The molecule has 3 heterocycles. The van der Waals surface area contributed by atoms with Crippen LogP contribution in [0.4, 0.5) is 5.69 Å². The molecule has 0 spiro atoms. The Balaban J connectivity index is 1.64. The van der Waals surface area contributed by atoms with E-state index < -0.39 is 0 Å². The summed E-state index contributed by atoms with van der Waals surface area (Å²) in [6.07, 6.45) is 7.03. The predicted molar refractivity (Wildman–Crippen MR) is 118 cm³/mol. The first-order chi connectivity index (χ1) is 14.8. The molecule has 0 amide bonds. The zero-order valence-electron chi connectivity index (χ0n) is 15.9. The molecule has 1 aliphatic heterocycles. The maximum absolute atomic E-state index is 11.0. The average Bonchev–Trinajstić information content (AvgIpc) is 3.38. The van der Waals surface area contributed by atoms with Crippen LogP contribution in [0.15, 0.2) is 88.0 Å². The van der Waals surface area contributed by atoms with E-state index >= 15 is 0 Å². The number of aromatic nitrogens is 2. The third-order valence-corrected chi connectivity index (χ3v) is 5.66. The minimum absolute atomic E-state index is 0.157. The normalized spacial score (nSPS) is 13.5. The lowest BCUT2D eigenvalue weighted by Gasteiger charge is -2.04. The number of nitrogens with zero attached hydrogens (tertiary/aromatic N) is 5. The largest absolute Gasteiger partial charge is 0.493 e. The molecule has 5 rings (SSSR count). The zero-order valence-corrected chi connectivity index (χ0v) is 16.7. The first-order valence-corrected chi connectivity index (χ1v) is 10.2. The Labute approximate surface area is 176 Å². The minimum atomic E-state index is 0.157. The standard InChI is InChI=1S/C23H17N5OS/c29-22-21(12-16-8-9-19-20(11-16)27-15-26-19)30-23(25-14-17-5-4-10-24-13-17)28(22)18-6-2-1-3-7-18/h1-13,15,29H,14H2/b16-12+,25-23?. The summed E-state index contributed by atoms with van der Waals surface area (Å²) < 4.78 is 1.77. The van der Waals surface area contributed by atoms with Crippen LogP contribution in [0.2, 0.25) is 0 Å². The van der Waals surface area contributed by atoms with Crippen molar-refractivity contribution < 1.29 is 5.11 Å². The molecule has 30 heavy (non-hydrogen) atoms. The molecule has 2 aromatic heterocycles. The highest BCUT2D eigenvalue weighted by atomic mass is 32.1. The van der Waals surface area contributed by atoms with E-state index in [0.29, 0.717) is 11.3 Å². The lowest BCUT2D eigenvalue weighted by molar-refractivity contribution is 0.439. The molecular formula is C23H17N5OS. The van der Waals surface area contributed by atoms with Crippen molar-refractivity contribution in [3.8, 4) is 11.6 Å². The van der Waals surface area contributed by atoms with Crippen molar-refractivity contribution in [2.45, 2.75) is 6.54 Å². The Morgan fingerprint density at radius 2 is 1.97 bits per heavy atom. The van der Waals surface area contributed by atoms with Crippen LogP contribution in [0.1, 0.15) is 10.4 Å². The van der Waals surface area contributed by atoms with Gasteiger partial charge in [0.2, 0.25) is 5.88 Å². The number of hydrogen-bond acceptors (Lipinski definition) is 6. The monoisotopic (exact) mass is 411 g/mol. The number of rotatable bonds is 4. The second-order valence-corrected chi connectivity index (χ2v) is 7.70. The summed E-state index contributed by atoms with van der Waals surface area (Å²) >= 11 is 1.44. The van der Waals surface area contributed by atoms with Crippen molar-refractivity contribution in [3.63, 3.8) is 0 Å². The van der Waals surface area contributed by atoms with Crippen LogP contribution in [0.25, 0.3) is 11.8 Å². The molecule has 1 N–H and O–H groups in total. The molecule has 0 saturated heterocycles. The fourth-order valence-electron chi connectivity index (χ4n) is 3.20. The van der Waals surface area contributed by atoms with E-state index in [1.807, 2.05) is 66.7 Å². The molecule has 7 heteroatoms. The van der Waals surface area contributed by atoms with Crippen molar-refractivity contribution in [1.82, 2.24) is 9.55 Å². The Kier molecular flexibility index (Phi) is 4.78. The highest BCUT2D eigenvalue weighted by Gasteiger charge is 2.13. The quantitative estimate of drug-likeness (QED) is 0.561. The summed E-state index contributed by atoms with van der Waals surface area (Å²) in [4.78, 5) is 18.8. The Morgan fingerprint density at radius 3 is 2.80 bits per heavy atom. The Hall–Kier alpha value is -3.84. The van der Waals surface area contributed by atoms with Gasteiger partial charge in [0.1, 0.15) is 6.34 Å². The van der Waals surface area contributed by atoms with Gasteiger partial charge in [-0.3, -0.25) is 14.5 Å². The van der Waals surface area contributed by atoms with Crippen molar-refractivity contribution in [2.75, 3.05) is 0 Å². The van der Waals surface area contributed by atoms with E-state index in [1.54, 1.807) is 23.3 Å². The molecule has 0 radical (unpaired) electrons. The molecule has 146 valence electrons. The van der Waals surface area contributed by atoms with Crippen molar-refractivity contribution >= 4 is 29.4 Å². The smallest absolute Gasteiger partial charge is 0.215 e. The number of hydrogen-bond donors (Lipinski definition) is 1. The second kappa shape index (κ2) is 7.88. The molecule has 0 saturated carbocycles. The van der Waals surface area contributed by atoms with E-state index in [4.69, 9.17) is 4.99 Å². The van der Waals surface area contributed by atoms with Gasteiger partial charge in [0, 0.05) is 12.4 Å². The predicted octanol–water partition coefficient (Wildman–Crippen LogP) is 2.86. The summed E-state index contributed by atoms with van der Waals surface area (Å²) in [5.74, 6) is 0.157. The Morgan fingerprint density at radius 1 is 1.07 bits per heavy atom. The van der Waals surface area contributed by atoms with Gasteiger partial charge in [0.05, 0.1) is 28.2 Å². The number of thiazole rings is 1. The van der Waals surface area contributed by atoms with Gasteiger partial charge in [-0.05, 0) is 47.2 Å². The maximum atomic E-state index is 11.0. The van der Waals surface area contributed by atoms with Gasteiger partial charge in [-0.2, -0.15) is 0 Å². The van der Waals surface area contributed by atoms with Crippen molar-refractivity contribution in [1.29, 1.82) is 0 Å². The summed E-state index contributed by atoms with van der Waals surface area (Å²) in [5, 5.41) is 12.8. The SMILES string of the molecule is Oc1c(/C=c2\ccc3c(c2)N=CN=3)sc(=NCc2cccnc2)n1-c1ccccc1. The van der Waals surface area contributed by atoms with Crippen LogP contribution in [0, 0.1) is 0 Å². The molecule has 2 aromatic carbocycles. The van der Waals surface area contributed by atoms with E-state index in [2.05, 4.69) is 15.0 Å². The highest BCUT2D eigenvalue weighted by molar-refractivity contribution is 7.10. The number of pyridine rings is 1. The molecule has 0 bridgehead atoms. The fraction of sp³-hybridized carbons (Fsp3) is 0.0435. The number of aliphatic imine (C=N–C) groups is 1. The molecule has 1 aliphatic rings. The van der Waals surface area contributed by atoms with Crippen LogP contribution in [0.3, 0.4) is 0 Å². The summed E-state index contributed by atoms with van der Waals surface area (Å²) in [6, 6.07) is 19.5. The van der Waals surface area contributed by atoms with Gasteiger partial charge in [0.15, 0.2) is 4.80 Å². The molecule has 0 aliphatic carbocycles. The van der Waals surface area contributed by atoms with Crippen LogP contribution in [0.5, 0.6) is 5.88 Å². The second-order valence-electron chi connectivity index (χ2n) is 6.69. The van der Waals surface area contributed by atoms with E-state index in [9.17, 15) is 5.11 Å². The molecule has 0 atom stereocenters. The van der Waals surface area contributed by atoms with Gasteiger partial charge < -0.3 is 5.11 Å². The van der Waals surface area contributed by atoms with Crippen LogP contribution in [-0.4, -0.2) is 21.0 Å². The molecule has 0 unspecified atom stereocenters. The molecule has 0 fully saturated rings. The highest BCUT2D eigenvalue weighted by Crippen LogP contribution is 2.24. The summed E-state index contributed by atoms with van der Waals surface area (Å²) in [6.45, 7) is 0.481. The van der Waals surface area contributed by atoms with Gasteiger partial charge in [-0.25, -0.2) is 9.98 Å². The third-order valence-electron chi connectivity index (χ3n) is 4.65. The topological polar surface area (TPSA) is 75.1 Å². The molecule has 6 nitrogen and oxygen atoms in total. The number of aromatic hydroxyl groups is 1. The summed E-state index contributed by atoms with van der Waals surface area (Å²) in [7, 11) is 0. The van der Waals surface area contributed by atoms with E-state index in [-0.39, 0.29) is 5.88 Å². The number of para-hydroxylation sites is 1. The van der Waals surface area contributed by atoms with Gasteiger partial charge >= 0.3 is 0 Å². The van der Waals surface area contributed by atoms with Crippen LogP contribution < -0.4 is 15.4 Å². The molecular weight excluding hydrogens is 394 g/mol. The average molecular weight is 411 g/mol. The fourth-order valence-corrected chi connectivity index (χ4v) is 4.18. The first-order valence-electron chi connectivity index (χ1n) is 9.40. The van der Waals surface area contributed by atoms with Gasteiger partial charge in [-0.15, -0.1) is 0 Å². The van der Waals surface area contributed by atoms with Gasteiger partial charge in [0.25, 0.3) is 0 Å². The van der Waals surface area contributed by atoms with Crippen molar-refractivity contribution in [3.05, 3.63) is 98.9 Å².